The normalized spacial score (nSPS) is 9.69. The molecular formula is C11H13ClN2O2. The van der Waals surface area contributed by atoms with Crippen molar-refractivity contribution in [1.82, 2.24) is 5.32 Å². The van der Waals surface area contributed by atoms with E-state index in [9.17, 15) is 9.59 Å². The molecule has 0 atom stereocenters. The number of hydrogen-bond acceptors (Lipinski definition) is 2. The fourth-order valence-electron chi connectivity index (χ4n) is 1.16. The molecule has 0 heterocycles. The number of amides is 2. The maximum Gasteiger partial charge on any atom is 0.252 e. The van der Waals surface area contributed by atoms with Crippen molar-refractivity contribution in [2.75, 3.05) is 12.4 Å². The first-order chi connectivity index (χ1) is 7.58. The van der Waals surface area contributed by atoms with Crippen molar-refractivity contribution in [2.45, 2.75) is 13.3 Å². The summed E-state index contributed by atoms with van der Waals surface area (Å²) in [6, 6.07) is 4.79. The Hall–Kier alpha value is -1.55. The van der Waals surface area contributed by atoms with Gasteiger partial charge in [-0.3, -0.25) is 9.59 Å². The zero-order valence-corrected chi connectivity index (χ0v) is 9.89. The molecule has 0 aromatic heterocycles. The highest BCUT2D eigenvalue weighted by Crippen LogP contribution is 2.20. The Bertz CT molecular complexity index is 418. The largest absolute Gasteiger partial charge is 0.355 e. The van der Waals surface area contributed by atoms with Crippen molar-refractivity contribution in [2.24, 2.45) is 0 Å². The van der Waals surface area contributed by atoms with Gasteiger partial charge < -0.3 is 10.6 Å². The topological polar surface area (TPSA) is 58.2 Å². The Morgan fingerprint density at radius 2 is 2.06 bits per heavy atom. The van der Waals surface area contributed by atoms with Crippen molar-refractivity contribution < 1.29 is 9.59 Å². The maximum absolute atomic E-state index is 11.4. The van der Waals surface area contributed by atoms with E-state index in [2.05, 4.69) is 10.6 Å². The molecule has 1 aromatic carbocycles. The van der Waals surface area contributed by atoms with Crippen LogP contribution >= 0.6 is 11.6 Å². The molecule has 4 nitrogen and oxygen atoms in total. The van der Waals surface area contributed by atoms with Gasteiger partial charge in [-0.15, -0.1) is 0 Å². The van der Waals surface area contributed by atoms with E-state index in [1.807, 2.05) is 0 Å². The molecule has 0 saturated heterocycles. The van der Waals surface area contributed by atoms with Crippen LogP contribution in [0.1, 0.15) is 23.7 Å². The lowest BCUT2D eigenvalue weighted by Crippen LogP contribution is -2.19. The standard InChI is InChI=1S/C11H13ClN2O2/c1-3-10(15)14-7-4-5-9(12)8(6-7)11(16)13-2/h4-6H,3H2,1-2H3,(H,13,16)(H,14,15). The third-order valence-corrected chi connectivity index (χ3v) is 2.37. The molecule has 1 rings (SSSR count). The van der Waals surface area contributed by atoms with Gasteiger partial charge in [-0.05, 0) is 18.2 Å². The molecule has 16 heavy (non-hydrogen) atoms. The molecule has 0 aliphatic carbocycles. The predicted octanol–water partition coefficient (Wildman–Crippen LogP) is 2.05. The van der Waals surface area contributed by atoms with E-state index in [0.29, 0.717) is 22.7 Å². The van der Waals surface area contributed by atoms with Crippen molar-refractivity contribution in [1.29, 1.82) is 0 Å². The Labute approximate surface area is 99.0 Å². The number of nitrogens with one attached hydrogen (secondary N) is 2. The van der Waals surface area contributed by atoms with Crippen LogP contribution in [-0.2, 0) is 4.79 Å². The summed E-state index contributed by atoms with van der Waals surface area (Å²) in [7, 11) is 1.52. The zero-order valence-electron chi connectivity index (χ0n) is 9.13. The molecule has 5 heteroatoms. The average Bonchev–Trinajstić information content (AvgIpc) is 2.30. The highest BCUT2D eigenvalue weighted by Gasteiger charge is 2.10. The molecule has 86 valence electrons. The first kappa shape index (κ1) is 12.5. The molecule has 0 spiro atoms. The monoisotopic (exact) mass is 240 g/mol. The summed E-state index contributed by atoms with van der Waals surface area (Å²) in [5, 5.41) is 5.50. The molecule has 0 unspecified atom stereocenters. The van der Waals surface area contributed by atoms with Gasteiger partial charge in [0.15, 0.2) is 0 Å². The van der Waals surface area contributed by atoms with Crippen molar-refractivity contribution in [3.8, 4) is 0 Å². The summed E-state index contributed by atoms with van der Waals surface area (Å²) >= 11 is 5.87. The second-order valence-corrected chi connectivity index (χ2v) is 3.58. The van der Waals surface area contributed by atoms with Crippen LogP contribution in [0.25, 0.3) is 0 Å². The smallest absolute Gasteiger partial charge is 0.252 e. The van der Waals surface area contributed by atoms with Crippen LogP contribution in [0.5, 0.6) is 0 Å². The Kier molecular flexibility index (Phi) is 4.31. The van der Waals surface area contributed by atoms with Crippen LogP contribution in [0.2, 0.25) is 5.02 Å². The minimum atomic E-state index is -0.280. The number of rotatable bonds is 3. The molecule has 2 N–H and O–H groups in total. The van der Waals surface area contributed by atoms with Gasteiger partial charge in [0.25, 0.3) is 5.91 Å². The van der Waals surface area contributed by atoms with E-state index < -0.39 is 0 Å². The van der Waals surface area contributed by atoms with Crippen LogP contribution in [0.4, 0.5) is 5.69 Å². The van der Waals surface area contributed by atoms with Gasteiger partial charge in [-0.1, -0.05) is 18.5 Å². The second kappa shape index (κ2) is 5.51. The summed E-state index contributed by atoms with van der Waals surface area (Å²) in [6.45, 7) is 1.75. The zero-order chi connectivity index (χ0) is 12.1. The second-order valence-electron chi connectivity index (χ2n) is 3.18. The minimum Gasteiger partial charge on any atom is -0.355 e. The average molecular weight is 241 g/mol. The van der Waals surface area contributed by atoms with Crippen LogP contribution in [-0.4, -0.2) is 18.9 Å². The Morgan fingerprint density at radius 1 is 1.38 bits per heavy atom. The van der Waals surface area contributed by atoms with E-state index in [0.717, 1.165) is 0 Å². The lowest BCUT2D eigenvalue weighted by Gasteiger charge is -2.07. The molecule has 1 aromatic rings. The summed E-state index contributed by atoms with van der Waals surface area (Å²) in [5.74, 6) is -0.386. The van der Waals surface area contributed by atoms with Crippen LogP contribution in [0.3, 0.4) is 0 Å². The first-order valence-electron chi connectivity index (χ1n) is 4.90. The van der Waals surface area contributed by atoms with Crippen molar-refractivity contribution in [3.63, 3.8) is 0 Å². The molecule has 0 bridgehead atoms. The lowest BCUT2D eigenvalue weighted by atomic mass is 10.2. The number of anilines is 1. The highest BCUT2D eigenvalue weighted by molar-refractivity contribution is 6.34. The highest BCUT2D eigenvalue weighted by atomic mass is 35.5. The van der Waals surface area contributed by atoms with Gasteiger partial charge in [-0.2, -0.15) is 0 Å². The molecular weight excluding hydrogens is 228 g/mol. The van der Waals surface area contributed by atoms with Crippen LogP contribution in [0.15, 0.2) is 18.2 Å². The first-order valence-corrected chi connectivity index (χ1v) is 5.27. The lowest BCUT2D eigenvalue weighted by molar-refractivity contribution is -0.115. The number of benzene rings is 1. The van der Waals surface area contributed by atoms with E-state index >= 15 is 0 Å². The Balaban J connectivity index is 2.98. The van der Waals surface area contributed by atoms with Crippen molar-refractivity contribution in [3.05, 3.63) is 28.8 Å². The molecule has 0 saturated carbocycles. The van der Waals surface area contributed by atoms with Gasteiger partial charge in [0.2, 0.25) is 5.91 Å². The fourth-order valence-corrected chi connectivity index (χ4v) is 1.36. The van der Waals surface area contributed by atoms with E-state index in [-0.39, 0.29) is 11.8 Å². The SMILES string of the molecule is CCC(=O)Nc1ccc(Cl)c(C(=O)NC)c1. The predicted molar refractivity (Wildman–Crippen MR) is 63.8 cm³/mol. The maximum atomic E-state index is 11.4. The fraction of sp³-hybridized carbons (Fsp3) is 0.273. The molecule has 0 fully saturated rings. The summed E-state index contributed by atoms with van der Waals surface area (Å²) in [6.07, 6.45) is 0.387. The third kappa shape index (κ3) is 2.97. The third-order valence-electron chi connectivity index (χ3n) is 2.04. The van der Waals surface area contributed by atoms with E-state index in [4.69, 9.17) is 11.6 Å². The van der Waals surface area contributed by atoms with Crippen LogP contribution < -0.4 is 10.6 Å². The number of carbonyl (C=O) groups is 2. The van der Waals surface area contributed by atoms with Crippen LogP contribution in [0, 0.1) is 0 Å². The summed E-state index contributed by atoms with van der Waals surface area (Å²) < 4.78 is 0. The summed E-state index contributed by atoms with van der Waals surface area (Å²) in [4.78, 5) is 22.6. The number of hydrogen-bond donors (Lipinski definition) is 2. The van der Waals surface area contributed by atoms with Gasteiger partial charge in [0.05, 0.1) is 10.6 Å². The molecule has 0 radical (unpaired) electrons. The molecule has 2 amide bonds. The van der Waals surface area contributed by atoms with E-state index in [1.54, 1.807) is 25.1 Å². The van der Waals surface area contributed by atoms with Gasteiger partial charge in [0, 0.05) is 19.2 Å². The van der Waals surface area contributed by atoms with Gasteiger partial charge in [0.1, 0.15) is 0 Å². The van der Waals surface area contributed by atoms with Gasteiger partial charge >= 0.3 is 0 Å². The Morgan fingerprint density at radius 3 is 2.62 bits per heavy atom. The number of halogens is 1. The van der Waals surface area contributed by atoms with E-state index in [1.165, 1.54) is 7.05 Å². The quantitative estimate of drug-likeness (QED) is 0.850. The number of carbonyl (C=O) groups excluding carboxylic acids is 2. The molecule has 0 aliphatic heterocycles. The van der Waals surface area contributed by atoms with Gasteiger partial charge in [-0.25, -0.2) is 0 Å². The summed E-state index contributed by atoms with van der Waals surface area (Å²) in [5.41, 5.74) is 0.910. The molecule has 0 aliphatic rings. The van der Waals surface area contributed by atoms with Crippen molar-refractivity contribution >= 4 is 29.1 Å². The minimum absolute atomic E-state index is 0.106.